The summed E-state index contributed by atoms with van der Waals surface area (Å²) in [5.74, 6) is 0.582. The lowest BCUT2D eigenvalue weighted by Crippen LogP contribution is -2.21. The maximum Gasteiger partial charge on any atom is 0.311 e. The second-order valence-corrected chi connectivity index (χ2v) is 4.26. The van der Waals surface area contributed by atoms with E-state index in [0.29, 0.717) is 18.5 Å². The van der Waals surface area contributed by atoms with E-state index in [-0.39, 0.29) is 6.04 Å². The molecule has 1 heterocycles. The Hall–Kier alpha value is -0.900. The minimum atomic E-state index is 0.216. The van der Waals surface area contributed by atoms with Crippen LogP contribution in [0.3, 0.4) is 0 Å². The van der Waals surface area contributed by atoms with Crippen molar-refractivity contribution < 1.29 is 9.47 Å². The molecule has 0 aromatic rings. The molecule has 1 rings (SSSR count). The topological polar surface area (TPSA) is 43.2 Å². The van der Waals surface area contributed by atoms with Gasteiger partial charge in [0, 0.05) is 25.5 Å². The monoisotopic (exact) mass is 226 g/mol. The molecule has 0 N–H and O–H groups in total. The maximum absolute atomic E-state index is 5.63. The van der Waals surface area contributed by atoms with Crippen LogP contribution < -0.4 is 0 Å². The van der Waals surface area contributed by atoms with E-state index in [0.717, 1.165) is 26.1 Å². The third-order valence-electron chi connectivity index (χ3n) is 2.40. The number of hydrogen-bond donors (Lipinski definition) is 0. The second-order valence-electron chi connectivity index (χ2n) is 4.26. The van der Waals surface area contributed by atoms with Crippen molar-refractivity contribution in [1.82, 2.24) is 0 Å². The highest BCUT2D eigenvalue weighted by Gasteiger charge is 2.15. The Morgan fingerprint density at radius 2 is 2.12 bits per heavy atom. The number of hydrogen-bond acceptors (Lipinski definition) is 3. The molecule has 16 heavy (non-hydrogen) atoms. The SMILES string of the molecule is CC=NC(=NC(C)C)OCC1CCOCC1. The van der Waals surface area contributed by atoms with Gasteiger partial charge >= 0.3 is 6.02 Å². The summed E-state index contributed by atoms with van der Waals surface area (Å²) >= 11 is 0. The van der Waals surface area contributed by atoms with Gasteiger partial charge in [0.1, 0.15) is 0 Å². The molecule has 1 fully saturated rings. The van der Waals surface area contributed by atoms with E-state index in [9.17, 15) is 0 Å². The van der Waals surface area contributed by atoms with Crippen LogP contribution in [0, 0.1) is 5.92 Å². The lowest BCUT2D eigenvalue weighted by Gasteiger charge is -2.21. The lowest BCUT2D eigenvalue weighted by molar-refractivity contribution is 0.0474. The number of ether oxygens (including phenoxy) is 2. The van der Waals surface area contributed by atoms with Crippen LogP contribution in [0.4, 0.5) is 0 Å². The summed E-state index contributed by atoms with van der Waals surface area (Å²) in [7, 11) is 0. The van der Waals surface area contributed by atoms with Crippen molar-refractivity contribution in [1.29, 1.82) is 0 Å². The van der Waals surface area contributed by atoms with Gasteiger partial charge in [-0.1, -0.05) is 0 Å². The van der Waals surface area contributed by atoms with Crippen molar-refractivity contribution in [3.63, 3.8) is 0 Å². The van der Waals surface area contributed by atoms with Crippen LogP contribution in [-0.4, -0.2) is 38.1 Å². The van der Waals surface area contributed by atoms with Crippen LogP contribution in [-0.2, 0) is 9.47 Å². The van der Waals surface area contributed by atoms with Gasteiger partial charge < -0.3 is 9.47 Å². The smallest absolute Gasteiger partial charge is 0.311 e. The van der Waals surface area contributed by atoms with Gasteiger partial charge in [0.25, 0.3) is 0 Å². The Morgan fingerprint density at radius 1 is 1.44 bits per heavy atom. The second kappa shape index (κ2) is 7.39. The Morgan fingerprint density at radius 3 is 2.69 bits per heavy atom. The highest BCUT2D eigenvalue weighted by atomic mass is 16.5. The zero-order valence-electron chi connectivity index (χ0n) is 10.5. The fourth-order valence-corrected chi connectivity index (χ4v) is 1.54. The first-order valence-electron chi connectivity index (χ1n) is 5.99. The fourth-order valence-electron chi connectivity index (χ4n) is 1.54. The van der Waals surface area contributed by atoms with Gasteiger partial charge in [-0.2, -0.15) is 0 Å². The summed E-state index contributed by atoms with van der Waals surface area (Å²) in [6, 6.07) is 0.720. The van der Waals surface area contributed by atoms with Crippen LogP contribution in [0.25, 0.3) is 0 Å². The van der Waals surface area contributed by atoms with Crippen molar-refractivity contribution in [2.75, 3.05) is 19.8 Å². The van der Waals surface area contributed by atoms with Crippen molar-refractivity contribution in [3.05, 3.63) is 0 Å². The molecule has 0 spiro atoms. The third-order valence-corrected chi connectivity index (χ3v) is 2.40. The highest BCUT2D eigenvalue weighted by Crippen LogP contribution is 2.15. The standard InChI is InChI=1S/C12H22N2O2/c1-4-13-12(14-10(2)3)16-9-11-5-7-15-8-6-11/h4,10-11H,5-9H2,1-3H3. The van der Waals surface area contributed by atoms with Crippen molar-refractivity contribution in [2.24, 2.45) is 15.9 Å². The maximum atomic E-state index is 5.63. The van der Waals surface area contributed by atoms with Gasteiger partial charge in [0.15, 0.2) is 0 Å². The Labute approximate surface area is 97.8 Å². The Bertz CT molecular complexity index is 243. The quantitative estimate of drug-likeness (QED) is 0.547. The summed E-state index contributed by atoms with van der Waals surface area (Å²) in [5, 5.41) is 0. The average molecular weight is 226 g/mol. The first-order chi connectivity index (χ1) is 7.72. The van der Waals surface area contributed by atoms with E-state index >= 15 is 0 Å². The fraction of sp³-hybridized carbons (Fsp3) is 0.833. The minimum absolute atomic E-state index is 0.216. The Kier molecular flexibility index (Phi) is 6.08. The van der Waals surface area contributed by atoms with E-state index in [1.54, 1.807) is 6.21 Å². The van der Waals surface area contributed by atoms with Gasteiger partial charge in [-0.25, -0.2) is 9.98 Å². The predicted octanol–water partition coefficient (Wildman–Crippen LogP) is 2.28. The summed E-state index contributed by atoms with van der Waals surface area (Å²) in [4.78, 5) is 8.44. The zero-order valence-corrected chi connectivity index (χ0v) is 10.5. The van der Waals surface area contributed by atoms with E-state index in [4.69, 9.17) is 9.47 Å². The van der Waals surface area contributed by atoms with Gasteiger partial charge in [0.2, 0.25) is 0 Å². The van der Waals surface area contributed by atoms with Gasteiger partial charge in [-0.05, 0) is 39.5 Å². The van der Waals surface area contributed by atoms with Gasteiger partial charge in [-0.3, -0.25) is 0 Å². The summed E-state index contributed by atoms with van der Waals surface area (Å²) in [5.41, 5.74) is 0. The molecule has 1 aliphatic rings. The molecule has 0 amide bonds. The molecule has 1 saturated heterocycles. The molecule has 0 aromatic carbocycles. The van der Waals surface area contributed by atoms with Gasteiger partial charge in [0.05, 0.1) is 6.61 Å². The van der Waals surface area contributed by atoms with Crippen molar-refractivity contribution in [2.45, 2.75) is 39.7 Å². The van der Waals surface area contributed by atoms with E-state index in [1.165, 1.54) is 0 Å². The summed E-state index contributed by atoms with van der Waals surface area (Å²) < 4.78 is 10.9. The van der Waals surface area contributed by atoms with Crippen LogP contribution in [0.15, 0.2) is 9.98 Å². The normalized spacial score (nSPS) is 19.6. The predicted molar refractivity (Wildman–Crippen MR) is 66.2 cm³/mol. The molecule has 4 nitrogen and oxygen atoms in total. The molecule has 92 valence electrons. The summed E-state index contributed by atoms with van der Waals surface area (Å²) in [6.07, 6.45) is 3.86. The van der Waals surface area contributed by atoms with Gasteiger partial charge in [-0.15, -0.1) is 0 Å². The van der Waals surface area contributed by atoms with Crippen LogP contribution >= 0.6 is 0 Å². The van der Waals surface area contributed by atoms with Crippen molar-refractivity contribution in [3.8, 4) is 0 Å². The first-order valence-corrected chi connectivity index (χ1v) is 5.99. The first kappa shape index (κ1) is 13.2. The lowest BCUT2D eigenvalue weighted by atomic mass is 10.0. The number of aliphatic imine (C=N–C) groups is 2. The number of amidine groups is 1. The van der Waals surface area contributed by atoms with Crippen LogP contribution in [0.2, 0.25) is 0 Å². The molecular weight excluding hydrogens is 204 g/mol. The molecule has 4 heteroatoms. The number of nitrogens with zero attached hydrogens (tertiary/aromatic N) is 2. The van der Waals surface area contributed by atoms with Crippen molar-refractivity contribution >= 4 is 12.2 Å². The highest BCUT2D eigenvalue weighted by molar-refractivity contribution is 5.82. The van der Waals surface area contributed by atoms with E-state index < -0.39 is 0 Å². The molecule has 0 aromatic heterocycles. The number of rotatable bonds is 3. The summed E-state index contributed by atoms with van der Waals surface area (Å²) in [6.45, 7) is 8.30. The molecule has 0 unspecified atom stereocenters. The minimum Gasteiger partial charge on any atom is -0.463 e. The average Bonchev–Trinajstić information content (AvgIpc) is 2.27. The molecular formula is C12H22N2O2. The van der Waals surface area contributed by atoms with E-state index in [1.807, 2.05) is 20.8 Å². The molecule has 0 radical (unpaired) electrons. The molecule has 0 bridgehead atoms. The zero-order chi connectivity index (χ0) is 11.8. The molecule has 0 saturated carbocycles. The largest absolute Gasteiger partial charge is 0.463 e. The Balaban J connectivity index is 2.36. The molecule has 0 aliphatic carbocycles. The van der Waals surface area contributed by atoms with Crippen LogP contribution in [0.1, 0.15) is 33.6 Å². The van der Waals surface area contributed by atoms with Crippen LogP contribution in [0.5, 0.6) is 0 Å². The molecule has 1 aliphatic heterocycles. The van der Waals surface area contributed by atoms with E-state index in [2.05, 4.69) is 9.98 Å². The molecule has 0 atom stereocenters. The third kappa shape index (κ3) is 5.26.